The van der Waals surface area contributed by atoms with Crippen molar-refractivity contribution in [2.45, 2.75) is 39.4 Å². The van der Waals surface area contributed by atoms with Gasteiger partial charge in [0.25, 0.3) is 11.6 Å². The van der Waals surface area contributed by atoms with Crippen LogP contribution < -0.4 is 11.1 Å². The van der Waals surface area contributed by atoms with Gasteiger partial charge >= 0.3 is 0 Å². The Hall–Kier alpha value is -2.93. The Bertz CT molecular complexity index is 990. The number of alkyl halides is 2. The van der Waals surface area contributed by atoms with E-state index in [2.05, 4.69) is 26.8 Å². The first kappa shape index (κ1) is 23.3. The number of amides is 1. The molecule has 0 aliphatic rings. The van der Waals surface area contributed by atoms with Crippen molar-refractivity contribution in [3.63, 3.8) is 0 Å². The predicted octanol–water partition coefficient (Wildman–Crippen LogP) is 3.70. The third-order valence-electron chi connectivity index (χ3n) is 4.16. The van der Waals surface area contributed by atoms with Gasteiger partial charge in [0.05, 0.1) is 24.2 Å². The Kier molecular flexibility index (Phi) is 7.56. The van der Waals surface area contributed by atoms with Crippen LogP contribution in [0.2, 0.25) is 0 Å². The molecule has 0 aromatic carbocycles. The Balaban J connectivity index is 2.19. The normalized spacial score (nSPS) is 11.5. The van der Waals surface area contributed by atoms with Gasteiger partial charge in [-0.25, -0.2) is 9.97 Å². The quantitative estimate of drug-likeness (QED) is 0.484. The van der Waals surface area contributed by atoms with Crippen LogP contribution in [0, 0.1) is 6.92 Å². The summed E-state index contributed by atoms with van der Waals surface area (Å²) in [5, 5.41) is 2.66. The number of aromatic nitrogens is 3. The molecule has 1 unspecified atom stereocenters. The number of hydrogen-bond donors (Lipinski definition) is 2. The maximum atomic E-state index is 13.5. The maximum Gasteiger partial charge on any atom is 0.285 e. The van der Waals surface area contributed by atoms with E-state index >= 15 is 0 Å². The number of halogens is 2. The van der Waals surface area contributed by atoms with Crippen molar-refractivity contribution in [3.8, 4) is 0 Å². The average Bonchev–Trinajstić information content (AvgIpc) is 2.70. The molecule has 0 spiro atoms. The lowest BCUT2D eigenvalue weighted by molar-refractivity contribution is 0.0944. The van der Waals surface area contributed by atoms with Crippen molar-refractivity contribution in [2.75, 3.05) is 5.73 Å². The molecule has 2 aromatic rings. The van der Waals surface area contributed by atoms with Gasteiger partial charge in [-0.2, -0.15) is 8.78 Å². The van der Waals surface area contributed by atoms with Crippen LogP contribution in [0.1, 0.15) is 52.5 Å². The fourth-order valence-electron chi connectivity index (χ4n) is 2.60. The molecule has 2 aromatic heterocycles. The SMILES string of the molecule is C=C(O/C=C\C)c1nc(N)c(C(=O)NCc2ncc(C(F)(F)P)cc2CC)nc1C. The van der Waals surface area contributed by atoms with Crippen LogP contribution in [-0.2, 0) is 23.4 Å². The van der Waals surface area contributed by atoms with E-state index in [0.29, 0.717) is 29.1 Å². The molecule has 2 rings (SSSR count). The number of carbonyl (C=O) groups is 1. The van der Waals surface area contributed by atoms with Crippen LogP contribution in [0.3, 0.4) is 0 Å². The van der Waals surface area contributed by atoms with E-state index in [1.165, 1.54) is 21.6 Å². The smallest absolute Gasteiger partial charge is 0.285 e. The highest BCUT2D eigenvalue weighted by Crippen LogP contribution is 2.35. The highest BCUT2D eigenvalue weighted by atomic mass is 31.0. The standard InChI is InChI=1S/C20H24F2N5O2P/c1-5-7-29-12(4)16-11(3)26-17(18(23)27-16)19(28)25-10-15-13(6-2)8-14(9-24-15)20(21,22)30/h5,7-9H,4,6,10,30H2,1-3H3,(H2,23,27)(H,25,28)/b7-5-. The van der Waals surface area contributed by atoms with Crippen molar-refractivity contribution in [1.82, 2.24) is 20.3 Å². The van der Waals surface area contributed by atoms with Gasteiger partial charge in [0.2, 0.25) is 0 Å². The van der Waals surface area contributed by atoms with E-state index in [0.717, 1.165) is 6.20 Å². The van der Waals surface area contributed by atoms with Crippen molar-refractivity contribution >= 4 is 26.7 Å². The number of aryl methyl sites for hydroxylation is 2. The molecule has 160 valence electrons. The summed E-state index contributed by atoms with van der Waals surface area (Å²) in [5.74, 6) is -0.390. The Morgan fingerprint density at radius 2 is 2.10 bits per heavy atom. The summed E-state index contributed by atoms with van der Waals surface area (Å²) in [6, 6.07) is 1.38. The van der Waals surface area contributed by atoms with Crippen LogP contribution in [0.25, 0.3) is 5.76 Å². The van der Waals surface area contributed by atoms with Crippen LogP contribution in [0.5, 0.6) is 0 Å². The molecule has 30 heavy (non-hydrogen) atoms. The number of rotatable bonds is 8. The molecule has 2 heterocycles. The number of allylic oxidation sites excluding steroid dienone is 1. The number of nitrogens with one attached hydrogen (secondary N) is 1. The molecular formula is C20H24F2N5O2P. The molecule has 1 amide bonds. The Morgan fingerprint density at radius 1 is 1.40 bits per heavy atom. The summed E-state index contributed by atoms with van der Waals surface area (Å²) in [7, 11) is 1.48. The fourth-order valence-corrected chi connectivity index (χ4v) is 2.76. The number of ether oxygens (including phenoxy) is 1. The lowest BCUT2D eigenvalue weighted by atomic mass is 10.1. The number of carbonyl (C=O) groups excluding carboxylic acids is 1. The molecule has 0 radical (unpaired) electrons. The molecule has 0 saturated carbocycles. The van der Waals surface area contributed by atoms with Gasteiger partial charge in [-0.1, -0.05) is 28.8 Å². The zero-order chi connectivity index (χ0) is 22.5. The number of anilines is 1. The van der Waals surface area contributed by atoms with E-state index in [-0.39, 0.29) is 29.4 Å². The molecule has 10 heteroatoms. The molecule has 0 aliphatic heterocycles. The van der Waals surface area contributed by atoms with Crippen molar-refractivity contribution < 1.29 is 18.3 Å². The van der Waals surface area contributed by atoms with E-state index < -0.39 is 11.6 Å². The van der Waals surface area contributed by atoms with Crippen LogP contribution in [-0.4, -0.2) is 20.9 Å². The average molecular weight is 435 g/mol. The molecule has 3 N–H and O–H groups in total. The Morgan fingerprint density at radius 3 is 2.70 bits per heavy atom. The second-order valence-corrected chi connectivity index (χ2v) is 7.12. The van der Waals surface area contributed by atoms with Gasteiger partial charge in [0, 0.05) is 11.8 Å². The molecular weight excluding hydrogens is 411 g/mol. The van der Waals surface area contributed by atoms with Gasteiger partial charge < -0.3 is 15.8 Å². The zero-order valence-corrected chi connectivity index (χ0v) is 18.2. The van der Waals surface area contributed by atoms with Crippen molar-refractivity contribution in [3.05, 3.63) is 65.1 Å². The Labute approximate surface area is 176 Å². The minimum Gasteiger partial charge on any atom is -0.464 e. The lowest BCUT2D eigenvalue weighted by Crippen LogP contribution is -2.27. The summed E-state index contributed by atoms with van der Waals surface area (Å²) >= 11 is 0. The van der Waals surface area contributed by atoms with E-state index in [1.807, 2.05) is 6.92 Å². The topological polar surface area (TPSA) is 103 Å². The highest BCUT2D eigenvalue weighted by Gasteiger charge is 2.26. The molecule has 0 fully saturated rings. The predicted molar refractivity (Wildman–Crippen MR) is 115 cm³/mol. The van der Waals surface area contributed by atoms with Crippen molar-refractivity contribution in [1.29, 1.82) is 0 Å². The largest absolute Gasteiger partial charge is 0.464 e. The third-order valence-corrected chi connectivity index (χ3v) is 4.50. The number of nitrogens with two attached hydrogens (primary N) is 1. The summed E-state index contributed by atoms with van der Waals surface area (Å²) < 4.78 is 32.2. The fraction of sp³-hybridized carbons (Fsp3) is 0.300. The van der Waals surface area contributed by atoms with E-state index in [1.54, 1.807) is 19.9 Å². The highest BCUT2D eigenvalue weighted by molar-refractivity contribution is 7.17. The first-order valence-electron chi connectivity index (χ1n) is 9.12. The van der Waals surface area contributed by atoms with Gasteiger partial charge in [-0.15, -0.1) is 0 Å². The summed E-state index contributed by atoms with van der Waals surface area (Å²) in [4.78, 5) is 25.0. The monoisotopic (exact) mass is 435 g/mol. The van der Waals surface area contributed by atoms with E-state index in [4.69, 9.17) is 10.5 Å². The van der Waals surface area contributed by atoms with Crippen LogP contribution in [0.4, 0.5) is 14.6 Å². The third kappa shape index (κ3) is 5.57. The zero-order valence-electron chi connectivity index (χ0n) is 17.0. The number of nitrogen functional groups attached to an aromatic ring is 1. The van der Waals surface area contributed by atoms with Gasteiger partial charge in [0.1, 0.15) is 11.5 Å². The number of nitrogens with zero attached hydrogens (tertiary/aromatic N) is 3. The molecule has 0 saturated heterocycles. The van der Waals surface area contributed by atoms with Gasteiger partial charge in [-0.3, -0.25) is 9.78 Å². The second kappa shape index (κ2) is 9.71. The molecule has 0 bridgehead atoms. The maximum absolute atomic E-state index is 13.5. The first-order valence-corrected chi connectivity index (χ1v) is 9.70. The molecule has 7 nitrogen and oxygen atoms in total. The summed E-state index contributed by atoms with van der Waals surface area (Å²) in [5.41, 5.74) is 4.42. The first-order chi connectivity index (χ1) is 14.1. The second-order valence-electron chi connectivity index (χ2n) is 6.39. The molecule has 1 atom stereocenters. The minimum absolute atomic E-state index is 0.0315. The minimum atomic E-state index is -3.07. The number of pyridine rings is 1. The van der Waals surface area contributed by atoms with Gasteiger partial charge in [-0.05, 0) is 31.9 Å². The number of hydrogen-bond acceptors (Lipinski definition) is 6. The van der Waals surface area contributed by atoms with Crippen molar-refractivity contribution in [2.24, 2.45) is 0 Å². The van der Waals surface area contributed by atoms with Crippen LogP contribution in [0.15, 0.2) is 31.2 Å². The van der Waals surface area contributed by atoms with Gasteiger partial charge in [0.15, 0.2) is 11.5 Å². The van der Waals surface area contributed by atoms with E-state index in [9.17, 15) is 13.6 Å². The summed E-state index contributed by atoms with van der Waals surface area (Å²) in [6.45, 7) is 9.05. The lowest BCUT2D eigenvalue weighted by Gasteiger charge is -2.15. The molecule has 0 aliphatic carbocycles. The summed E-state index contributed by atoms with van der Waals surface area (Å²) in [6.07, 6.45) is 4.70. The van der Waals surface area contributed by atoms with Crippen LogP contribution >= 0.6 is 9.24 Å².